The molecule has 0 bridgehead atoms. The van der Waals surface area contributed by atoms with Crippen LogP contribution in [-0.2, 0) is 16.6 Å². The van der Waals surface area contributed by atoms with E-state index in [-0.39, 0.29) is 22.0 Å². The molecule has 8 heteroatoms. The maximum Gasteiger partial charge on any atom is 0.337 e. The Kier molecular flexibility index (Phi) is 4.67. The second-order valence-electron chi connectivity index (χ2n) is 4.29. The van der Waals surface area contributed by atoms with E-state index >= 15 is 0 Å². The van der Waals surface area contributed by atoms with E-state index in [9.17, 15) is 13.2 Å². The van der Waals surface area contributed by atoms with Crippen molar-refractivity contribution in [3.8, 4) is 0 Å². The van der Waals surface area contributed by atoms with Gasteiger partial charge in [0, 0.05) is 18.5 Å². The zero-order valence-electron chi connectivity index (χ0n) is 11.0. The molecule has 2 rings (SSSR count). The van der Waals surface area contributed by atoms with Crippen LogP contribution < -0.4 is 0 Å². The number of carboxylic acids is 1. The number of hydrogen-bond donors (Lipinski definition) is 1. The average molecular weight is 346 g/mol. The maximum atomic E-state index is 12.4. The Hall–Kier alpha value is -1.41. The molecule has 0 amide bonds. The lowest BCUT2D eigenvalue weighted by Gasteiger charge is -2.16. The number of benzene rings is 1. The number of rotatable bonds is 5. The highest BCUT2D eigenvalue weighted by molar-refractivity contribution is 7.89. The summed E-state index contributed by atoms with van der Waals surface area (Å²) in [7, 11) is -2.25. The van der Waals surface area contributed by atoms with Crippen LogP contribution in [0.5, 0.6) is 0 Å². The standard InChI is InChI=1S/C13H12ClNO4S2/c1-15(8-9-3-2-6-20-9)21(18,19)10-4-5-11(13(16)17)12(14)7-10/h2-7H,8H2,1H3,(H,16,17). The Bertz CT molecular complexity index is 756. The Morgan fingerprint density at radius 3 is 2.62 bits per heavy atom. The number of carbonyl (C=O) groups is 1. The molecule has 5 nitrogen and oxygen atoms in total. The van der Waals surface area contributed by atoms with Crippen molar-refractivity contribution in [2.24, 2.45) is 0 Å². The predicted octanol–water partition coefficient (Wildman–Crippen LogP) is 2.92. The number of nitrogens with zero attached hydrogens (tertiary/aromatic N) is 1. The van der Waals surface area contributed by atoms with Crippen molar-refractivity contribution in [1.29, 1.82) is 0 Å². The van der Waals surface area contributed by atoms with Gasteiger partial charge in [-0.3, -0.25) is 0 Å². The van der Waals surface area contributed by atoms with Gasteiger partial charge in [-0.25, -0.2) is 13.2 Å². The number of sulfonamides is 1. The van der Waals surface area contributed by atoms with E-state index in [0.717, 1.165) is 10.9 Å². The van der Waals surface area contributed by atoms with Crippen molar-refractivity contribution in [1.82, 2.24) is 4.31 Å². The van der Waals surface area contributed by atoms with E-state index in [1.165, 1.54) is 34.8 Å². The van der Waals surface area contributed by atoms with Gasteiger partial charge in [-0.1, -0.05) is 17.7 Å². The minimum atomic E-state index is -3.72. The third kappa shape index (κ3) is 3.44. The monoisotopic (exact) mass is 345 g/mol. The van der Waals surface area contributed by atoms with Crippen LogP contribution in [0.4, 0.5) is 0 Å². The molecule has 0 aliphatic heterocycles. The van der Waals surface area contributed by atoms with Crippen LogP contribution in [0.15, 0.2) is 40.6 Å². The number of carboxylic acid groups (broad SMARTS) is 1. The lowest BCUT2D eigenvalue weighted by atomic mass is 10.2. The van der Waals surface area contributed by atoms with Gasteiger partial charge >= 0.3 is 5.97 Å². The Labute approximate surface area is 131 Å². The molecular weight excluding hydrogens is 334 g/mol. The van der Waals surface area contributed by atoms with Crippen molar-refractivity contribution in [2.75, 3.05) is 7.05 Å². The molecule has 0 atom stereocenters. The molecule has 1 aromatic heterocycles. The highest BCUT2D eigenvalue weighted by Crippen LogP contribution is 2.24. The van der Waals surface area contributed by atoms with Gasteiger partial charge in [0.05, 0.1) is 15.5 Å². The largest absolute Gasteiger partial charge is 0.478 e. The zero-order valence-corrected chi connectivity index (χ0v) is 13.4. The van der Waals surface area contributed by atoms with Crippen LogP contribution in [0.2, 0.25) is 5.02 Å². The van der Waals surface area contributed by atoms with Crippen LogP contribution in [-0.4, -0.2) is 30.8 Å². The SMILES string of the molecule is CN(Cc1cccs1)S(=O)(=O)c1ccc(C(=O)O)c(Cl)c1. The van der Waals surface area contributed by atoms with Crippen LogP contribution in [0.1, 0.15) is 15.2 Å². The van der Waals surface area contributed by atoms with Crippen molar-refractivity contribution in [2.45, 2.75) is 11.4 Å². The summed E-state index contributed by atoms with van der Waals surface area (Å²) in [5.41, 5.74) is -0.128. The molecule has 0 aliphatic carbocycles. The summed E-state index contributed by atoms with van der Waals surface area (Å²) in [6, 6.07) is 7.29. The molecule has 1 heterocycles. The lowest BCUT2D eigenvalue weighted by Crippen LogP contribution is -2.26. The van der Waals surface area contributed by atoms with Crippen molar-refractivity contribution >= 4 is 38.9 Å². The van der Waals surface area contributed by atoms with Gasteiger partial charge in [0.15, 0.2) is 0 Å². The molecule has 0 saturated heterocycles. The van der Waals surface area contributed by atoms with Gasteiger partial charge in [-0.15, -0.1) is 11.3 Å². The molecule has 1 N–H and O–H groups in total. The van der Waals surface area contributed by atoms with Crippen molar-refractivity contribution in [3.05, 3.63) is 51.2 Å². The molecule has 2 aromatic rings. The topological polar surface area (TPSA) is 74.7 Å². The smallest absolute Gasteiger partial charge is 0.337 e. The van der Waals surface area contributed by atoms with Crippen LogP contribution in [0.25, 0.3) is 0 Å². The van der Waals surface area contributed by atoms with E-state index in [1.807, 2.05) is 17.5 Å². The molecule has 0 aliphatic rings. The third-order valence-electron chi connectivity index (χ3n) is 2.84. The number of hydrogen-bond acceptors (Lipinski definition) is 4. The quantitative estimate of drug-likeness (QED) is 0.904. The van der Waals surface area contributed by atoms with Crippen LogP contribution in [0.3, 0.4) is 0 Å². The van der Waals surface area contributed by atoms with Gasteiger partial charge in [0.1, 0.15) is 0 Å². The summed E-state index contributed by atoms with van der Waals surface area (Å²) < 4.78 is 26.0. The summed E-state index contributed by atoms with van der Waals surface area (Å²) in [6.07, 6.45) is 0. The van der Waals surface area contributed by atoms with E-state index < -0.39 is 16.0 Å². The van der Waals surface area contributed by atoms with Crippen LogP contribution >= 0.6 is 22.9 Å². The van der Waals surface area contributed by atoms with Gasteiger partial charge in [-0.2, -0.15) is 4.31 Å². The zero-order chi connectivity index (χ0) is 15.6. The average Bonchev–Trinajstić information content (AvgIpc) is 2.90. The first-order valence-corrected chi connectivity index (χ1v) is 8.53. The predicted molar refractivity (Wildman–Crippen MR) is 81.4 cm³/mol. The summed E-state index contributed by atoms with van der Waals surface area (Å²) >= 11 is 7.28. The van der Waals surface area contributed by atoms with Gasteiger partial charge in [0.25, 0.3) is 0 Å². The first-order chi connectivity index (χ1) is 9.82. The summed E-state index contributed by atoms with van der Waals surface area (Å²) in [6.45, 7) is 0.248. The van der Waals surface area contributed by atoms with Crippen molar-refractivity contribution < 1.29 is 18.3 Å². The fraction of sp³-hybridized carbons (Fsp3) is 0.154. The van der Waals surface area contributed by atoms with Gasteiger partial charge in [0.2, 0.25) is 10.0 Å². The maximum absolute atomic E-state index is 12.4. The molecule has 0 radical (unpaired) electrons. The fourth-order valence-corrected chi connectivity index (χ4v) is 4.06. The minimum Gasteiger partial charge on any atom is -0.478 e. The molecule has 112 valence electrons. The molecule has 0 saturated carbocycles. The second kappa shape index (κ2) is 6.15. The fourth-order valence-electron chi connectivity index (χ4n) is 1.72. The van der Waals surface area contributed by atoms with Crippen molar-refractivity contribution in [3.63, 3.8) is 0 Å². The first-order valence-electron chi connectivity index (χ1n) is 5.84. The Morgan fingerprint density at radius 2 is 2.10 bits per heavy atom. The molecular formula is C13H12ClNO4S2. The summed E-state index contributed by atoms with van der Waals surface area (Å²) in [5.74, 6) is -1.20. The lowest BCUT2D eigenvalue weighted by molar-refractivity contribution is 0.0697. The highest BCUT2D eigenvalue weighted by atomic mass is 35.5. The minimum absolute atomic E-state index is 0.0310. The van der Waals surface area contributed by atoms with E-state index in [4.69, 9.17) is 16.7 Å². The first kappa shape index (κ1) is 16.0. The second-order valence-corrected chi connectivity index (χ2v) is 7.77. The van der Waals surface area contributed by atoms with Gasteiger partial charge < -0.3 is 5.11 Å². The molecule has 0 unspecified atom stereocenters. The summed E-state index contributed by atoms with van der Waals surface area (Å²) in [4.78, 5) is 11.8. The molecule has 0 spiro atoms. The number of thiophene rings is 1. The number of halogens is 1. The van der Waals surface area contributed by atoms with Gasteiger partial charge in [-0.05, 0) is 29.6 Å². The van der Waals surface area contributed by atoms with E-state index in [1.54, 1.807) is 0 Å². The molecule has 21 heavy (non-hydrogen) atoms. The Balaban J connectivity index is 2.31. The van der Waals surface area contributed by atoms with E-state index in [2.05, 4.69) is 0 Å². The molecule has 1 aromatic carbocycles. The van der Waals surface area contributed by atoms with Crippen LogP contribution in [0, 0.1) is 0 Å². The van der Waals surface area contributed by atoms with E-state index in [0.29, 0.717) is 0 Å². The molecule has 0 fully saturated rings. The highest BCUT2D eigenvalue weighted by Gasteiger charge is 2.23. The normalized spacial score (nSPS) is 11.8. The summed E-state index contributed by atoms with van der Waals surface area (Å²) in [5, 5.41) is 10.7. The number of aromatic carboxylic acids is 1. The third-order valence-corrected chi connectivity index (χ3v) is 5.81. The Morgan fingerprint density at radius 1 is 1.38 bits per heavy atom.